The van der Waals surface area contributed by atoms with Gasteiger partial charge < -0.3 is 0 Å². The Hall–Kier alpha value is -1.82. The van der Waals surface area contributed by atoms with Crippen LogP contribution in [-0.2, 0) is 0 Å². The molecule has 0 atom stereocenters. The Morgan fingerprint density at radius 3 is 1.55 bits per heavy atom. The highest BCUT2D eigenvalue weighted by Crippen LogP contribution is 2.07. The van der Waals surface area contributed by atoms with Gasteiger partial charge >= 0.3 is 0 Å². The third kappa shape index (κ3) is 16.2. The molecular formula is C14H24N6. The molecule has 6 heteroatoms. The maximum atomic E-state index is 8.11. The topological polar surface area (TPSA) is 97.5 Å². The van der Waals surface area contributed by atoms with Crippen molar-refractivity contribution < 1.29 is 0 Å². The summed E-state index contributed by atoms with van der Waals surface area (Å²) in [4.78, 5) is 5.44. The van der Waals surface area contributed by atoms with Gasteiger partial charge in [0.25, 0.3) is 0 Å². The van der Waals surface area contributed by atoms with E-state index in [1.165, 1.54) is 25.7 Å². The molecule has 0 aliphatic rings. The average Bonchev–Trinajstić information content (AvgIpc) is 2.47. The highest BCUT2D eigenvalue weighted by atomic mass is 15.1. The molecule has 0 aromatic heterocycles. The minimum atomic E-state index is 0.581. The maximum absolute atomic E-state index is 8.11. The second kappa shape index (κ2) is 17.2. The largest absolute Gasteiger partial charge is 0.103 e. The summed E-state index contributed by atoms with van der Waals surface area (Å²) < 4.78 is 0. The first-order valence-electron chi connectivity index (χ1n) is 7.39. The van der Waals surface area contributed by atoms with E-state index in [4.69, 9.17) is 11.1 Å². The fraction of sp³-hybridized carbons (Fsp3) is 0.857. The average molecular weight is 276 g/mol. The van der Waals surface area contributed by atoms with Gasteiger partial charge in [-0.25, -0.2) is 0 Å². The standard InChI is InChI=1S/C14H24N6/c15-19-17-13-11-9-7-5-3-1-2-4-6-8-10-12-14-18-20-16/h1-3,5,7-14H2. The second-order valence-electron chi connectivity index (χ2n) is 4.59. The smallest absolute Gasteiger partial charge is 0.0258 e. The van der Waals surface area contributed by atoms with Gasteiger partial charge in [0.15, 0.2) is 0 Å². The van der Waals surface area contributed by atoms with Crippen LogP contribution >= 0.6 is 0 Å². The number of hydrogen-bond donors (Lipinski definition) is 0. The SMILES string of the molecule is [N-]=[N+]=NCCCCC#CCCCCCCCCN=[N+]=[N-]. The third-order valence-corrected chi connectivity index (χ3v) is 2.87. The fourth-order valence-corrected chi connectivity index (χ4v) is 1.77. The van der Waals surface area contributed by atoms with E-state index in [9.17, 15) is 0 Å². The summed E-state index contributed by atoms with van der Waals surface area (Å²) in [7, 11) is 0. The molecule has 0 fully saturated rings. The summed E-state index contributed by atoms with van der Waals surface area (Å²) in [6, 6.07) is 0. The van der Waals surface area contributed by atoms with Crippen molar-refractivity contribution in [2.45, 2.75) is 64.2 Å². The van der Waals surface area contributed by atoms with E-state index in [2.05, 4.69) is 31.9 Å². The summed E-state index contributed by atoms with van der Waals surface area (Å²) in [6.45, 7) is 1.21. The van der Waals surface area contributed by atoms with Crippen LogP contribution in [0.5, 0.6) is 0 Å². The van der Waals surface area contributed by atoms with Crippen LogP contribution in [0.4, 0.5) is 0 Å². The molecule has 110 valence electrons. The summed E-state index contributed by atoms with van der Waals surface area (Å²) in [5.74, 6) is 6.34. The number of azide groups is 2. The van der Waals surface area contributed by atoms with Crippen LogP contribution in [0.1, 0.15) is 64.2 Å². The van der Waals surface area contributed by atoms with Gasteiger partial charge in [-0.3, -0.25) is 0 Å². The van der Waals surface area contributed by atoms with Crippen molar-refractivity contribution in [2.75, 3.05) is 13.1 Å². The van der Waals surface area contributed by atoms with Crippen LogP contribution in [0.25, 0.3) is 20.9 Å². The summed E-state index contributed by atoms with van der Waals surface area (Å²) in [5.41, 5.74) is 16.2. The molecule has 0 spiro atoms. The molecule has 0 aliphatic heterocycles. The lowest BCUT2D eigenvalue weighted by atomic mass is 10.1. The Morgan fingerprint density at radius 2 is 1.00 bits per heavy atom. The first-order chi connectivity index (χ1) is 9.91. The van der Waals surface area contributed by atoms with E-state index < -0.39 is 0 Å². The van der Waals surface area contributed by atoms with Crippen molar-refractivity contribution >= 4 is 0 Å². The molecule has 0 heterocycles. The van der Waals surface area contributed by atoms with E-state index in [0.29, 0.717) is 13.1 Å². The van der Waals surface area contributed by atoms with E-state index in [0.717, 1.165) is 38.5 Å². The molecule has 0 unspecified atom stereocenters. The van der Waals surface area contributed by atoms with Crippen LogP contribution < -0.4 is 0 Å². The quantitative estimate of drug-likeness (QED) is 0.147. The molecule has 0 saturated carbocycles. The lowest BCUT2D eigenvalue weighted by Crippen LogP contribution is -1.82. The van der Waals surface area contributed by atoms with Crippen molar-refractivity contribution in [3.05, 3.63) is 20.9 Å². The summed E-state index contributed by atoms with van der Waals surface area (Å²) >= 11 is 0. The van der Waals surface area contributed by atoms with Crippen molar-refractivity contribution in [3.63, 3.8) is 0 Å². The molecule has 0 radical (unpaired) electrons. The zero-order valence-corrected chi connectivity index (χ0v) is 12.2. The molecular weight excluding hydrogens is 252 g/mol. The third-order valence-electron chi connectivity index (χ3n) is 2.87. The monoisotopic (exact) mass is 276 g/mol. The molecule has 20 heavy (non-hydrogen) atoms. The van der Waals surface area contributed by atoms with Crippen LogP contribution in [0.15, 0.2) is 10.2 Å². The van der Waals surface area contributed by atoms with Crippen LogP contribution in [0, 0.1) is 11.8 Å². The van der Waals surface area contributed by atoms with E-state index >= 15 is 0 Å². The number of nitrogens with zero attached hydrogens (tertiary/aromatic N) is 6. The lowest BCUT2D eigenvalue weighted by molar-refractivity contribution is 0.602. The van der Waals surface area contributed by atoms with Crippen LogP contribution in [-0.4, -0.2) is 13.1 Å². The van der Waals surface area contributed by atoms with Crippen molar-refractivity contribution in [1.82, 2.24) is 0 Å². The molecule has 0 bridgehead atoms. The second-order valence-corrected chi connectivity index (χ2v) is 4.59. The Kier molecular flexibility index (Phi) is 15.6. The summed E-state index contributed by atoms with van der Waals surface area (Å²) in [6.07, 6.45) is 10.8. The number of unbranched alkanes of at least 4 members (excludes halogenated alkanes) is 8. The molecule has 0 aliphatic carbocycles. The normalized spacial score (nSPS) is 9.00. The van der Waals surface area contributed by atoms with Crippen molar-refractivity contribution in [1.29, 1.82) is 0 Å². The highest BCUT2D eigenvalue weighted by molar-refractivity contribution is 4.98. The zero-order chi connectivity index (χ0) is 14.7. The van der Waals surface area contributed by atoms with Gasteiger partial charge in [0.2, 0.25) is 0 Å². The molecule has 0 amide bonds. The Morgan fingerprint density at radius 1 is 0.600 bits per heavy atom. The molecule has 6 nitrogen and oxygen atoms in total. The lowest BCUT2D eigenvalue weighted by Gasteiger charge is -1.98. The zero-order valence-electron chi connectivity index (χ0n) is 12.2. The molecule has 0 N–H and O–H groups in total. The Balaban J connectivity index is 3.15. The summed E-state index contributed by atoms with van der Waals surface area (Å²) in [5, 5.41) is 6.99. The van der Waals surface area contributed by atoms with Gasteiger partial charge in [0, 0.05) is 35.8 Å². The minimum absolute atomic E-state index is 0.581. The van der Waals surface area contributed by atoms with E-state index in [1.54, 1.807) is 0 Å². The molecule has 0 aromatic carbocycles. The Labute approximate surface area is 121 Å². The minimum Gasteiger partial charge on any atom is -0.103 e. The molecule has 0 saturated heterocycles. The Bertz CT molecular complexity index is 369. The fourth-order valence-electron chi connectivity index (χ4n) is 1.77. The predicted octanol–water partition coefficient (Wildman–Crippen LogP) is 5.51. The van der Waals surface area contributed by atoms with Crippen LogP contribution in [0.3, 0.4) is 0 Å². The van der Waals surface area contributed by atoms with E-state index in [1.807, 2.05) is 0 Å². The first-order valence-corrected chi connectivity index (χ1v) is 7.39. The molecule has 0 rings (SSSR count). The van der Waals surface area contributed by atoms with Gasteiger partial charge in [-0.1, -0.05) is 35.9 Å². The van der Waals surface area contributed by atoms with Crippen molar-refractivity contribution in [3.8, 4) is 11.8 Å². The van der Waals surface area contributed by atoms with E-state index in [-0.39, 0.29) is 0 Å². The van der Waals surface area contributed by atoms with Gasteiger partial charge in [-0.05, 0) is 36.7 Å². The first kappa shape index (κ1) is 18.2. The number of rotatable bonds is 12. The van der Waals surface area contributed by atoms with Gasteiger partial charge in [0.05, 0.1) is 0 Å². The van der Waals surface area contributed by atoms with Crippen LogP contribution in [0.2, 0.25) is 0 Å². The van der Waals surface area contributed by atoms with Gasteiger partial charge in [0.1, 0.15) is 0 Å². The van der Waals surface area contributed by atoms with Gasteiger partial charge in [-0.2, -0.15) is 0 Å². The van der Waals surface area contributed by atoms with Crippen molar-refractivity contribution in [2.24, 2.45) is 10.2 Å². The number of hydrogen-bond acceptors (Lipinski definition) is 2. The highest BCUT2D eigenvalue weighted by Gasteiger charge is 1.90. The van der Waals surface area contributed by atoms with Gasteiger partial charge in [-0.15, -0.1) is 11.8 Å². The molecule has 0 aromatic rings. The maximum Gasteiger partial charge on any atom is 0.0258 e. The predicted molar refractivity (Wildman–Crippen MR) is 82.0 cm³/mol.